The van der Waals surface area contributed by atoms with Gasteiger partial charge < -0.3 is 10.2 Å². The molecule has 1 aliphatic rings. The lowest BCUT2D eigenvalue weighted by Gasteiger charge is -2.34. The molecule has 2 aromatic rings. The normalized spacial score (nSPS) is 22.0. The van der Waals surface area contributed by atoms with E-state index in [1.165, 1.54) is 11.3 Å². The SMILES string of the molecule is CCC1(C)CN(Cc2ccn(C)n2)c2ccccc2CN1. The van der Waals surface area contributed by atoms with E-state index in [1.54, 1.807) is 0 Å². The highest BCUT2D eigenvalue weighted by molar-refractivity contribution is 5.55. The van der Waals surface area contributed by atoms with Crippen molar-refractivity contribution in [3.05, 3.63) is 47.8 Å². The van der Waals surface area contributed by atoms with Gasteiger partial charge in [0.2, 0.25) is 0 Å². The number of hydrogen-bond donors (Lipinski definition) is 1. The van der Waals surface area contributed by atoms with Crippen molar-refractivity contribution >= 4 is 5.69 Å². The average molecular weight is 284 g/mol. The molecule has 4 nitrogen and oxygen atoms in total. The van der Waals surface area contributed by atoms with Gasteiger partial charge in [0.1, 0.15) is 0 Å². The van der Waals surface area contributed by atoms with E-state index in [9.17, 15) is 0 Å². The molecule has 1 unspecified atom stereocenters. The van der Waals surface area contributed by atoms with Gasteiger partial charge in [0.15, 0.2) is 0 Å². The Labute approximate surface area is 126 Å². The van der Waals surface area contributed by atoms with Crippen molar-refractivity contribution < 1.29 is 0 Å². The Morgan fingerprint density at radius 1 is 1.29 bits per heavy atom. The number of aryl methyl sites for hydroxylation is 1. The van der Waals surface area contributed by atoms with Crippen LogP contribution >= 0.6 is 0 Å². The van der Waals surface area contributed by atoms with Crippen molar-refractivity contribution in [2.75, 3.05) is 11.4 Å². The first-order chi connectivity index (χ1) is 10.1. The molecular weight excluding hydrogens is 260 g/mol. The molecule has 0 saturated carbocycles. The van der Waals surface area contributed by atoms with E-state index in [-0.39, 0.29) is 5.54 Å². The van der Waals surface area contributed by atoms with Crippen LogP contribution in [0.1, 0.15) is 31.5 Å². The van der Waals surface area contributed by atoms with Crippen LogP contribution in [-0.2, 0) is 20.1 Å². The minimum Gasteiger partial charge on any atom is -0.363 e. The smallest absolute Gasteiger partial charge is 0.0817 e. The summed E-state index contributed by atoms with van der Waals surface area (Å²) in [7, 11) is 1.97. The standard InChI is InChI=1S/C17H24N4/c1-4-17(2)13-21(12-15-9-10-20(3)19-15)16-8-6-5-7-14(16)11-18-17/h5-10,18H,4,11-13H2,1-3H3. The zero-order valence-corrected chi connectivity index (χ0v) is 13.1. The Bertz CT molecular complexity index is 619. The lowest BCUT2D eigenvalue weighted by molar-refractivity contribution is 0.348. The van der Waals surface area contributed by atoms with Gasteiger partial charge in [-0.2, -0.15) is 5.10 Å². The molecule has 0 aliphatic carbocycles. The van der Waals surface area contributed by atoms with Gasteiger partial charge in [0.25, 0.3) is 0 Å². The minimum atomic E-state index is 0.133. The van der Waals surface area contributed by atoms with Gasteiger partial charge in [-0.3, -0.25) is 4.68 Å². The maximum atomic E-state index is 4.54. The Kier molecular flexibility index (Phi) is 3.72. The number of rotatable bonds is 3. The molecular formula is C17H24N4. The molecule has 4 heteroatoms. The zero-order chi connectivity index (χ0) is 14.9. The summed E-state index contributed by atoms with van der Waals surface area (Å²) >= 11 is 0. The topological polar surface area (TPSA) is 33.1 Å². The molecule has 2 heterocycles. The minimum absolute atomic E-state index is 0.133. The largest absolute Gasteiger partial charge is 0.363 e. The van der Waals surface area contributed by atoms with E-state index in [4.69, 9.17) is 0 Å². The summed E-state index contributed by atoms with van der Waals surface area (Å²) in [5.74, 6) is 0. The average Bonchev–Trinajstić information content (AvgIpc) is 2.83. The van der Waals surface area contributed by atoms with E-state index < -0.39 is 0 Å². The lowest BCUT2D eigenvalue weighted by atomic mass is 9.98. The second-order valence-corrected chi connectivity index (χ2v) is 6.23. The summed E-state index contributed by atoms with van der Waals surface area (Å²) in [5, 5.41) is 8.25. The summed E-state index contributed by atoms with van der Waals surface area (Å²) in [6.07, 6.45) is 3.12. The van der Waals surface area contributed by atoms with Crippen LogP contribution in [0.4, 0.5) is 5.69 Å². The van der Waals surface area contributed by atoms with Crippen LogP contribution in [0, 0.1) is 0 Å². The van der Waals surface area contributed by atoms with Crippen molar-refractivity contribution in [1.29, 1.82) is 0 Å². The second-order valence-electron chi connectivity index (χ2n) is 6.23. The molecule has 1 aromatic carbocycles. The third-order valence-electron chi connectivity index (χ3n) is 4.48. The summed E-state index contributed by atoms with van der Waals surface area (Å²) in [5.41, 5.74) is 3.94. The molecule has 112 valence electrons. The number of anilines is 1. The number of nitrogens with one attached hydrogen (secondary N) is 1. The van der Waals surface area contributed by atoms with E-state index in [2.05, 4.69) is 59.5 Å². The van der Waals surface area contributed by atoms with Crippen molar-refractivity contribution in [3.8, 4) is 0 Å². The van der Waals surface area contributed by atoms with Crippen molar-refractivity contribution in [2.24, 2.45) is 7.05 Å². The van der Waals surface area contributed by atoms with Crippen LogP contribution < -0.4 is 10.2 Å². The van der Waals surface area contributed by atoms with Gasteiger partial charge in [0.05, 0.1) is 12.2 Å². The summed E-state index contributed by atoms with van der Waals surface area (Å²) in [6, 6.07) is 10.8. The van der Waals surface area contributed by atoms with Gasteiger partial charge in [-0.25, -0.2) is 0 Å². The summed E-state index contributed by atoms with van der Waals surface area (Å²) < 4.78 is 1.87. The van der Waals surface area contributed by atoms with Crippen molar-refractivity contribution in [3.63, 3.8) is 0 Å². The number of hydrogen-bond acceptors (Lipinski definition) is 3. The number of benzene rings is 1. The van der Waals surface area contributed by atoms with Crippen LogP contribution in [0.2, 0.25) is 0 Å². The molecule has 1 atom stereocenters. The highest BCUT2D eigenvalue weighted by atomic mass is 15.3. The van der Waals surface area contributed by atoms with Crippen molar-refractivity contribution in [2.45, 2.75) is 38.9 Å². The van der Waals surface area contributed by atoms with Gasteiger partial charge in [-0.05, 0) is 31.0 Å². The molecule has 3 rings (SSSR count). The summed E-state index contributed by atoms with van der Waals surface area (Å²) in [4.78, 5) is 2.46. The van der Waals surface area contributed by atoms with E-state index >= 15 is 0 Å². The van der Waals surface area contributed by atoms with Gasteiger partial charge in [-0.1, -0.05) is 25.1 Å². The fourth-order valence-electron chi connectivity index (χ4n) is 2.96. The van der Waals surface area contributed by atoms with Crippen LogP contribution in [0.5, 0.6) is 0 Å². The zero-order valence-electron chi connectivity index (χ0n) is 13.1. The predicted octanol–water partition coefficient (Wildman–Crippen LogP) is 2.70. The van der Waals surface area contributed by atoms with Crippen molar-refractivity contribution in [1.82, 2.24) is 15.1 Å². The summed E-state index contributed by atoms with van der Waals surface area (Å²) in [6.45, 7) is 7.34. The van der Waals surface area contributed by atoms with Crippen LogP contribution in [0.15, 0.2) is 36.5 Å². The maximum Gasteiger partial charge on any atom is 0.0817 e. The van der Waals surface area contributed by atoms with Gasteiger partial charge >= 0.3 is 0 Å². The van der Waals surface area contributed by atoms with Crippen LogP contribution in [-0.4, -0.2) is 21.9 Å². The first kappa shape index (κ1) is 14.1. The Hall–Kier alpha value is -1.81. The molecule has 0 spiro atoms. The molecule has 0 radical (unpaired) electrons. The highest BCUT2D eigenvalue weighted by Gasteiger charge is 2.29. The second kappa shape index (κ2) is 5.53. The third-order valence-corrected chi connectivity index (χ3v) is 4.48. The van der Waals surface area contributed by atoms with Gasteiger partial charge in [0, 0.05) is 37.6 Å². The molecule has 0 amide bonds. The van der Waals surface area contributed by atoms with Crippen LogP contribution in [0.3, 0.4) is 0 Å². The fraction of sp³-hybridized carbons (Fsp3) is 0.471. The Balaban J connectivity index is 1.93. The Morgan fingerprint density at radius 3 is 2.81 bits per heavy atom. The number of nitrogens with zero attached hydrogens (tertiary/aromatic N) is 3. The third kappa shape index (κ3) is 2.95. The number of aromatic nitrogens is 2. The van der Waals surface area contributed by atoms with Crippen LogP contribution in [0.25, 0.3) is 0 Å². The van der Waals surface area contributed by atoms with Gasteiger partial charge in [-0.15, -0.1) is 0 Å². The van der Waals surface area contributed by atoms with E-state index in [1.807, 2.05) is 17.9 Å². The number of fused-ring (bicyclic) bond motifs is 1. The van der Waals surface area contributed by atoms with E-state index in [0.29, 0.717) is 0 Å². The lowest BCUT2D eigenvalue weighted by Crippen LogP contribution is -2.48. The molecule has 0 fully saturated rings. The maximum absolute atomic E-state index is 4.54. The molecule has 0 bridgehead atoms. The Morgan fingerprint density at radius 2 is 2.10 bits per heavy atom. The monoisotopic (exact) mass is 284 g/mol. The molecule has 1 aromatic heterocycles. The molecule has 21 heavy (non-hydrogen) atoms. The molecule has 1 aliphatic heterocycles. The first-order valence-corrected chi connectivity index (χ1v) is 7.66. The highest BCUT2D eigenvalue weighted by Crippen LogP contribution is 2.28. The molecule has 1 N–H and O–H groups in total. The molecule has 0 saturated heterocycles. The quantitative estimate of drug-likeness (QED) is 0.941. The predicted molar refractivity (Wildman–Crippen MR) is 86.2 cm³/mol. The number of para-hydroxylation sites is 1. The first-order valence-electron chi connectivity index (χ1n) is 7.66. The van der Waals surface area contributed by atoms with E-state index in [0.717, 1.165) is 31.7 Å². The fourth-order valence-corrected chi connectivity index (χ4v) is 2.96.